The van der Waals surface area contributed by atoms with Gasteiger partial charge in [0, 0.05) is 11.8 Å². The summed E-state index contributed by atoms with van der Waals surface area (Å²) >= 11 is -5.99. The standard InChI is InChI=1S/C8H10N2O5S2/c1-5-2-7(3-6(4-9)8(5)11)10(16(12)13)17(14)15/h2-4,9,11H,1H3,(H,12,13)(H,14,15)/p-2. The molecular weight excluding hydrogens is 268 g/mol. The molecule has 7 nitrogen and oxygen atoms in total. The molecule has 0 aliphatic carbocycles. The average molecular weight is 276 g/mol. The first-order chi connectivity index (χ1) is 7.88. The van der Waals surface area contributed by atoms with Crippen LogP contribution in [0.1, 0.15) is 11.1 Å². The van der Waals surface area contributed by atoms with Crippen molar-refractivity contribution in [2.75, 3.05) is 3.71 Å². The zero-order chi connectivity index (χ0) is 13.2. The number of rotatable bonds is 4. The van der Waals surface area contributed by atoms with E-state index >= 15 is 0 Å². The predicted molar refractivity (Wildman–Crippen MR) is 61.0 cm³/mol. The van der Waals surface area contributed by atoms with Gasteiger partial charge in [0.15, 0.2) is 0 Å². The van der Waals surface area contributed by atoms with E-state index in [1.807, 2.05) is 0 Å². The smallest absolute Gasteiger partial charge is 0.127 e. The Hall–Kier alpha value is -1.29. The third kappa shape index (κ3) is 2.88. The van der Waals surface area contributed by atoms with E-state index in [0.717, 1.165) is 12.3 Å². The SMILES string of the molecule is Cc1cc(N(S(=O)[O-])S(=O)[O-])cc(C=N)c1O. The summed E-state index contributed by atoms with van der Waals surface area (Å²) in [6, 6.07) is 2.27. The monoisotopic (exact) mass is 276 g/mol. The fraction of sp³-hybridized carbons (Fsp3) is 0.125. The molecular formula is C8H8N2O5S2-2. The number of nitrogens with one attached hydrogen (secondary N) is 1. The summed E-state index contributed by atoms with van der Waals surface area (Å²) in [5, 5.41) is 16.5. The van der Waals surface area contributed by atoms with Crippen molar-refractivity contribution >= 4 is 34.4 Å². The largest absolute Gasteiger partial charge is 0.754 e. The Morgan fingerprint density at radius 2 is 1.88 bits per heavy atom. The summed E-state index contributed by atoms with van der Waals surface area (Å²) in [4.78, 5) is 0. The van der Waals surface area contributed by atoms with E-state index in [9.17, 15) is 22.6 Å². The molecule has 0 aliphatic rings. The molecule has 1 aromatic rings. The van der Waals surface area contributed by atoms with Crippen molar-refractivity contribution < 1.29 is 22.6 Å². The molecule has 0 aromatic heterocycles. The van der Waals surface area contributed by atoms with Crippen molar-refractivity contribution in [3.8, 4) is 5.75 Å². The third-order valence-electron chi connectivity index (χ3n) is 1.95. The van der Waals surface area contributed by atoms with Crippen molar-refractivity contribution in [3.63, 3.8) is 0 Å². The minimum Gasteiger partial charge on any atom is -0.754 e. The summed E-state index contributed by atoms with van der Waals surface area (Å²) in [6.45, 7) is 1.46. The molecule has 1 aromatic carbocycles. The Bertz CT molecular complexity index is 491. The van der Waals surface area contributed by atoms with Crippen molar-refractivity contribution in [3.05, 3.63) is 23.3 Å². The lowest BCUT2D eigenvalue weighted by Crippen LogP contribution is -2.27. The van der Waals surface area contributed by atoms with Gasteiger partial charge in [0.1, 0.15) is 5.75 Å². The van der Waals surface area contributed by atoms with E-state index in [4.69, 9.17) is 5.41 Å². The van der Waals surface area contributed by atoms with Crippen LogP contribution in [0.15, 0.2) is 12.1 Å². The van der Waals surface area contributed by atoms with Crippen LogP contribution in [0.4, 0.5) is 5.69 Å². The first-order valence-corrected chi connectivity index (χ1v) is 6.27. The summed E-state index contributed by atoms with van der Waals surface area (Å²) in [6.07, 6.45) is 0.797. The van der Waals surface area contributed by atoms with Gasteiger partial charge in [0.2, 0.25) is 0 Å². The number of hydrogen-bond donors (Lipinski definition) is 2. The van der Waals surface area contributed by atoms with Gasteiger partial charge in [-0.2, -0.15) is 0 Å². The van der Waals surface area contributed by atoms with E-state index in [-0.39, 0.29) is 26.3 Å². The van der Waals surface area contributed by atoms with E-state index in [1.165, 1.54) is 13.0 Å². The lowest BCUT2D eigenvalue weighted by atomic mass is 10.1. The Kier molecular flexibility index (Phi) is 4.34. The normalized spacial score (nSPS) is 14.1. The van der Waals surface area contributed by atoms with Crippen molar-refractivity contribution in [1.82, 2.24) is 0 Å². The second-order valence-corrected chi connectivity index (χ2v) is 4.87. The highest BCUT2D eigenvalue weighted by Crippen LogP contribution is 2.28. The maximum Gasteiger partial charge on any atom is 0.127 e. The van der Waals surface area contributed by atoms with Gasteiger partial charge in [-0.05, 0) is 24.6 Å². The minimum absolute atomic E-state index is 0.0286. The lowest BCUT2D eigenvalue weighted by molar-refractivity contribution is 0.470. The Labute approximate surface area is 102 Å². The van der Waals surface area contributed by atoms with Gasteiger partial charge in [0.25, 0.3) is 0 Å². The summed E-state index contributed by atoms with van der Waals surface area (Å²) in [5.41, 5.74) is 0.128. The number of benzene rings is 1. The molecule has 2 unspecified atom stereocenters. The Balaban J connectivity index is 3.40. The van der Waals surface area contributed by atoms with Crippen LogP contribution in [0.2, 0.25) is 0 Å². The van der Waals surface area contributed by atoms with Gasteiger partial charge in [-0.3, -0.25) is 8.42 Å². The van der Waals surface area contributed by atoms with E-state index in [2.05, 4.69) is 0 Å². The highest BCUT2D eigenvalue weighted by molar-refractivity contribution is 7.98. The predicted octanol–water partition coefficient (Wildman–Crippen LogP) is 0.0929. The van der Waals surface area contributed by atoms with Crippen LogP contribution in [-0.2, 0) is 22.5 Å². The summed E-state index contributed by atoms with van der Waals surface area (Å²) in [5.74, 6) is -0.197. The summed E-state index contributed by atoms with van der Waals surface area (Å²) < 4.78 is 43.1. The second kappa shape index (κ2) is 5.36. The number of anilines is 1. The van der Waals surface area contributed by atoms with Gasteiger partial charge in [-0.15, -0.1) is 0 Å². The fourth-order valence-electron chi connectivity index (χ4n) is 1.22. The van der Waals surface area contributed by atoms with Crippen LogP contribution < -0.4 is 3.71 Å². The third-order valence-corrected chi connectivity index (χ3v) is 3.65. The lowest BCUT2D eigenvalue weighted by Gasteiger charge is -2.28. The van der Waals surface area contributed by atoms with Gasteiger partial charge in [-0.25, -0.2) is 3.71 Å². The zero-order valence-corrected chi connectivity index (χ0v) is 10.2. The molecule has 0 spiro atoms. The highest BCUT2D eigenvalue weighted by Gasteiger charge is 2.12. The number of nitrogens with zero attached hydrogens (tertiary/aromatic N) is 1. The Morgan fingerprint density at radius 3 is 2.29 bits per heavy atom. The highest BCUT2D eigenvalue weighted by atomic mass is 32.3. The fourth-order valence-corrected chi connectivity index (χ4v) is 2.18. The van der Waals surface area contributed by atoms with Gasteiger partial charge < -0.3 is 19.6 Å². The quantitative estimate of drug-likeness (QED) is 0.595. The number of phenolic OH excluding ortho intramolecular Hbond substituents is 1. The molecule has 94 valence electrons. The number of aromatic hydroxyl groups is 1. The zero-order valence-electron chi connectivity index (χ0n) is 8.58. The van der Waals surface area contributed by atoms with Crippen LogP contribution in [-0.4, -0.2) is 28.8 Å². The number of phenols is 1. The molecule has 9 heteroatoms. The van der Waals surface area contributed by atoms with Crippen LogP contribution in [0.25, 0.3) is 0 Å². The van der Waals surface area contributed by atoms with Crippen LogP contribution >= 0.6 is 0 Å². The Morgan fingerprint density at radius 1 is 1.35 bits per heavy atom. The topological polar surface area (TPSA) is 128 Å². The molecule has 0 radical (unpaired) electrons. The minimum atomic E-state index is -3.00. The van der Waals surface area contributed by atoms with Crippen LogP contribution in [0, 0.1) is 12.3 Å². The molecule has 0 fully saturated rings. The molecule has 2 N–H and O–H groups in total. The molecule has 0 bridgehead atoms. The van der Waals surface area contributed by atoms with Gasteiger partial charge in [0.05, 0.1) is 28.2 Å². The molecule has 0 heterocycles. The first kappa shape index (κ1) is 13.8. The molecule has 17 heavy (non-hydrogen) atoms. The van der Waals surface area contributed by atoms with Crippen LogP contribution in [0.5, 0.6) is 5.75 Å². The molecule has 0 saturated heterocycles. The van der Waals surface area contributed by atoms with Crippen molar-refractivity contribution in [1.29, 1.82) is 5.41 Å². The van der Waals surface area contributed by atoms with Gasteiger partial charge >= 0.3 is 0 Å². The maximum atomic E-state index is 10.8. The molecule has 0 amide bonds. The first-order valence-electron chi connectivity index (χ1n) is 4.21. The number of aryl methyl sites for hydroxylation is 1. The van der Waals surface area contributed by atoms with E-state index in [0.29, 0.717) is 0 Å². The van der Waals surface area contributed by atoms with Crippen molar-refractivity contribution in [2.45, 2.75) is 6.92 Å². The van der Waals surface area contributed by atoms with Crippen LogP contribution in [0.3, 0.4) is 0 Å². The van der Waals surface area contributed by atoms with E-state index in [1.54, 1.807) is 0 Å². The summed E-state index contributed by atoms with van der Waals surface area (Å²) in [7, 11) is 0. The molecule has 0 aliphatic heterocycles. The van der Waals surface area contributed by atoms with E-state index < -0.39 is 22.5 Å². The molecule has 0 saturated carbocycles. The molecule has 1 rings (SSSR count). The van der Waals surface area contributed by atoms with Gasteiger partial charge in [-0.1, -0.05) is 0 Å². The van der Waals surface area contributed by atoms with Crippen molar-refractivity contribution in [2.24, 2.45) is 0 Å². The second-order valence-electron chi connectivity index (χ2n) is 3.04. The molecule has 2 atom stereocenters. The average Bonchev–Trinajstić information content (AvgIpc) is 2.21. The number of hydrogen-bond acceptors (Lipinski definition) is 6. The maximum absolute atomic E-state index is 10.8.